The molecule has 0 unspecified atom stereocenters. The van der Waals surface area contributed by atoms with Crippen LogP contribution in [0.2, 0.25) is 0 Å². The first-order chi connectivity index (χ1) is 8.65. The van der Waals surface area contributed by atoms with Gasteiger partial charge in [0.15, 0.2) is 5.78 Å². The summed E-state index contributed by atoms with van der Waals surface area (Å²) in [4.78, 5) is 24.6. The zero-order valence-electron chi connectivity index (χ0n) is 10.4. The molecule has 1 aromatic carbocycles. The zero-order valence-corrected chi connectivity index (χ0v) is 11.9. The molecule has 3 nitrogen and oxygen atoms in total. The van der Waals surface area contributed by atoms with Gasteiger partial charge in [0.05, 0.1) is 12.2 Å². The Labute approximate surface area is 116 Å². The maximum Gasteiger partial charge on any atom is 0.338 e. The molecule has 0 aliphatic carbocycles. The Kier molecular flexibility index (Phi) is 6.22. The molecule has 0 aliphatic heterocycles. The molecule has 0 radical (unpaired) electrons. The van der Waals surface area contributed by atoms with E-state index in [9.17, 15) is 9.59 Å². The number of esters is 1. The highest BCUT2D eigenvalue weighted by Crippen LogP contribution is 2.25. The van der Waals surface area contributed by atoms with Crippen LogP contribution in [-0.2, 0) is 4.74 Å². The minimum Gasteiger partial charge on any atom is -0.462 e. The second kappa shape index (κ2) is 7.44. The van der Waals surface area contributed by atoms with Crippen molar-refractivity contribution in [3.8, 4) is 0 Å². The lowest BCUT2D eigenvalue weighted by Crippen LogP contribution is -2.13. The first kappa shape index (κ1) is 15.1. The summed E-state index contributed by atoms with van der Waals surface area (Å²) in [6.07, 6.45) is 2.08. The fraction of sp³-hybridized carbons (Fsp3) is 0.385. The maximum absolute atomic E-state index is 12.0. The number of carbonyl (C=O) groups is 2. The Hall–Kier alpha value is -1.00. The molecule has 0 saturated heterocycles. The summed E-state index contributed by atoms with van der Waals surface area (Å²) in [6.45, 7) is 2.02. The maximum atomic E-state index is 12.0. The van der Waals surface area contributed by atoms with Crippen LogP contribution in [0.3, 0.4) is 0 Å². The highest BCUT2D eigenvalue weighted by Gasteiger charge is 2.20. The zero-order chi connectivity index (χ0) is 13.5. The second-order valence-corrected chi connectivity index (χ2v) is 4.69. The summed E-state index contributed by atoms with van der Waals surface area (Å²) in [5.74, 6) is -0.353. The van der Waals surface area contributed by atoms with E-state index in [-0.39, 0.29) is 24.7 Å². The van der Waals surface area contributed by atoms with E-state index < -0.39 is 5.97 Å². The average molecular weight is 287 g/mol. The molecule has 0 aliphatic rings. The Morgan fingerprint density at radius 1 is 1.39 bits per heavy atom. The van der Waals surface area contributed by atoms with Gasteiger partial charge in [0, 0.05) is 22.8 Å². The van der Waals surface area contributed by atoms with Gasteiger partial charge < -0.3 is 4.74 Å². The number of hydrogen-bond donors (Lipinski definition) is 0. The number of thioether (sulfide) groups is 1. The fourth-order valence-corrected chi connectivity index (χ4v) is 2.39. The molecule has 0 fully saturated rings. The van der Waals surface area contributed by atoms with Crippen LogP contribution in [0.5, 0.6) is 0 Å². The third kappa shape index (κ3) is 3.50. The van der Waals surface area contributed by atoms with Crippen LogP contribution in [0.1, 0.15) is 34.1 Å². The number of alkyl halides is 1. The van der Waals surface area contributed by atoms with Crippen LogP contribution in [-0.4, -0.2) is 30.5 Å². The van der Waals surface area contributed by atoms with Gasteiger partial charge in [-0.15, -0.1) is 23.4 Å². The summed E-state index contributed by atoms with van der Waals surface area (Å²) >= 11 is 7.02. The molecule has 18 heavy (non-hydrogen) atoms. The minimum absolute atomic E-state index is 0.127. The van der Waals surface area contributed by atoms with Gasteiger partial charge in [-0.1, -0.05) is 6.07 Å². The molecule has 0 saturated carbocycles. The standard InChI is InChI=1S/C13H15ClO3S/c1-3-17-13(16)9-5-4-6-11(18-2)12(9)10(15)7-8-14/h4-6H,3,7-8H2,1-2H3. The smallest absolute Gasteiger partial charge is 0.338 e. The number of benzene rings is 1. The van der Waals surface area contributed by atoms with Crippen LogP contribution in [0.4, 0.5) is 0 Å². The van der Waals surface area contributed by atoms with Crippen molar-refractivity contribution in [2.75, 3.05) is 18.7 Å². The molecule has 1 aromatic rings. The predicted octanol–water partition coefficient (Wildman–Crippen LogP) is 3.40. The first-order valence-electron chi connectivity index (χ1n) is 5.59. The Morgan fingerprint density at radius 2 is 2.11 bits per heavy atom. The molecule has 5 heteroatoms. The third-order valence-corrected chi connectivity index (χ3v) is 3.31. The number of hydrogen-bond acceptors (Lipinski definition) is 4. The van der Waals surface area contributed by atoms with Gasteiger partial charge in [-0.3, -0.25) is 4.79 Å². The number of halogens is 1. The van der Waals surface area contributed by atoms with Crippen molar-refractivity contribution < 1.29 is 14.3 Å². The molecule has 98 valence electrons. The normalized spacial score (nSPS) is 10.2. The lowest BCUT2D eigenvalue weighted by Gasteiger charge is -2.11. The van der Waals surface area contributed by atoms with E-state index in [0.29, 0.717) is 11.1 Å². The van der Waals surface area contributed by atoms with Gasteiger partial charge in [0.1, 0.15) is 0 Å². The van der Waals surface area contributed by atoms with Crippen molar-refractivity contribution in [3.05, 3.63) is 29.3 Å². The summed E-state index contributed by atoms with van der Waals surface area (Å²) in [5.41, 5.74) is 0.739. The number of carbonyl (C=O) groups excluding carboxylic acids is 2. The Balaban J connectivity index is 3.24. The monoisotopic (exact) mass is 286 g/mol. The number of ketones is 1. The van der Waals surface area contributed by atoms with E-state index in [2.05, 4.69) is 0 Å². The minimum atomic E-state index is -0.466. The van der Waals surface area contributed by atoms with Crippen molar-refractivity contribution in [3.63, 3.8) is 0 Å². The summed E-state index contributed by atoms with van der Waals surface area (Å²) in [5, 5.41) is 0. The fourth-order valence-electron chi connectivity index (χ4n) is 1.58. The van der Waals surface area contributed by atoms with E-state index in [1.807, 2.05) is 12.3 Å². The first-order valence-corrected chi connectivity index (χ1v) is 7.34. The molecule has 0 amide bonds. The Morgan fingerprint density at radius 3 is 2.67 bits per heavy atom. The van der Waals surface area contributed by atoms with Crippen molar-refractivity contribution in [1.29, 1.82) is 0 Å². The quantitative estimate of drug-likeness (QED) is 0.348. The number of ether oxygens (including phenoxy) is 1. The number of Topliss-reactive ketones (excluding diaryl/α,β-unsaturated/α-hetero) is 1. The van der Waals surface area contributed by atoms with Crippen LogP contribution in [0.15, 0.2) is 23.1 Å². The number of rotatable bonds is 6. The highest BCUT2D eigenvalue weighted by atomic mass is 35.5. The molecule has 0 aromatic heterocycles. The third-order valence-electron chi connectivity index (χ3n) is 2.34. The topological polar surface area (TPSA) is 43.4 Å². The highest BCUT2D eigenvalue weighted by molar-refractivity contribution is 7.98. The van der Waals surface area contributed by atoms with Gasteiger partial charge in [0.25, 0.3) is 0 Å². The van der Waals surface area contributed by atoms with Crippen LogP contribution >= 0.6 is 23.4 Å². The summed E-state index contributed by atoms with van der Waals surface area (Å²) < 4.78 is 4.96. The van der Waals surface area contributed by atoms with Crippen LogP contribution in [0, 0.1) is 0 Å². The molecule has 1 rings (SSSR count). The SMILES string of the molecule is CCOC(=O)c1cccc(SC)c1C(=O)CCCl. The largest absolute Gasteiger partial charge is 0.462 e. The van der Waals surface area contributed by atoms with Crippen molar-refractivity contribution in [2.45, 2.75) is 18.2 Å². The lowest BCUT2D eigenvalue weighted by molar-refractivity contribution is 0.0522. The molecule has 0 bridgehead atoms. The van der Waals surface area contributed by atoms with Crippen molar-refractivity contribution in [2.24, 2.45) is 0 Å². The van der Waals surface area contributed by atoms with E-state index in [1.165, 1.54) is 11.8 Å². The Bertz CT molecular complexity index is 446. The van der Waals surface area contributed by atoms with Gasteiger partial charge >= 0.3 is 5.97 Å². The van der Waals surface area contributed by atoms with Gasteiger partial charge in [-0.05, 0) is 25.3 Å². The molecule has 0 spiro atoms. The molecule has 0 heterocycles. The van der Waals surface area contributed by atoms with E-state index in [1.54, 1.807) is 19.1 Å². The van der Waals surface area contributed by atoms with E-state index in [0.717, 1.165) is 4.90 Å². The van der Waals surface area contributed by atoms with Crippen molar-refractivity contribution >= 4 is 35.1 Å². The van der Waals surface area contributed by atoms with Gasteiger partial charge in [-0.2, -0.15) is 0 Å². The second-order valence-electron chi connectivity index (χ2n) is 3.47. The van der Waals surface area contributed by atoms with Gasteiger partial charge in [0.2, 0.25) is 0 Å². The molecule has 0 atom stereocenters. The predicted molar refractivity (Wildman–Crippen MR) is 73.8 cm³/mol. The molecule has 0 N–H and O–H groups in total. The summed E-state index contributed by atoms with van der Waals surface area (Å²) in [6, 6.07) is 5.17. The van der Waals surface area contributed by atoms with Crippen LogP contribution < -0.4 is 0 Å². The average Bonchev–Trinajstić information content (AvgIpc) is 2.38. The summed E-state index contributed by atoms with van der Waals surface area (Å²) in [7, 11) is 0. The van der Waals surface area contributed by atoms with Crippen LogP contribution in [0.25, 0.3) is 0 Å². The van der Waals surface area contributed by atoms with E-state index in [4.69, 9.17) is 16.3 Å². The van der Waals surface area contributed by atoms with E-state index >= 15 is 0 Å². The molecular weight excluding hydrogens is 272 g/mol. The lowest BCUT2D eigenvalue weighted by atomic mass is 10.0. The van der Waals surface area contributed by atoms with Gasteiger partial charge in [-0.25, -0.2) is 4.79 Å². The van der Waals surface area contributed by atoms with Crippen molar-refractivity contribution in [1.82, 2.24) is 0 Å². The molecular formula is C13H15ClO3S.